The van der Waals surface area contributed by atoms with Crippen LogP contribution in [0.1, 0.15) is 13.8 Å². The van der Waals surface area contributed by atoms with Gasteiger partial charge in [0.15, 0.2) is 6.04 Å². The zero-order valence-electron chi connectivity index (χ0n) is 6.37. The number of aliphatic hydroxyl groups is 1. The number of carboxylic acids is 1. The van der Waals surface area contributed by atoms with Crippen LogP contribution in [0.4, 0.5) is 0 Å². The molecule has 0 aliphatic heterocycles. The zero-order valence-corrected chi connectivity index (χ0v) is 6.37. The Balaban J connectivity index is 4.12. The van der Waals surface area contributed by atoms with Gasteiger partial charge >= 0.3 is 5.97 Å². The van der Waals surface area contributed by atoms with Crippen molar-refractivity contribution in [1.29, 1.82) is 0 Å². The topological polar surface area (TPSA) is 86.6 Å². The third kappa shape index (κ3) is 3.57. The van der Waals surface area contributed by atoms with Crippen molar-refractivity contribution in [2.24, 2.45) is 0 Å². The fourth-order valence-corrected chi connectivity index (χ4v) is 0.608. The van der Waals surface area contributed by atoms with E-state index < -0.39 is 24.0 Å². The predicted molar refractivity (Wildman–Crippen MR) is 36.9 cm³/mol. The SMILES string of the molecule is CC(=O)N[C@H](C(=O)O)C(C)O. The Hall–Kier alpha value is -1.10. The van der Waals surface area contributed by atoms with Gasteiger partial charge in [0, 0.05) is 6.92 Å². The third-order valence-corrected chi connectivity index (χ3v) is 1.11. The molecule has 0 heterocycles. The molecular formula is C6H11NO4. The summed E-state index contributed by atoms with van der Waals surface area (Å²) in [4.78, 5) is 20.7. The van der Waals surface area contributed by atoms with Crippen molar-refractivity contribution in [3.05, 3.63) is 0 Å². The second-order valence-electron chi connectivity index (χ2n) is 2.26. The molecule has 0 spiro atoms. The molecule has 0 aliphatic carbocycles. The number of hydrogen-bond donors (Lipinski definition) is 3. The monoisotopic (exact) mass is 161 g/mol. The second kappa shape index (κ2) is 3.92. The van der Waals surface area contributed by atoms with Crippen LogP contribution < -0.4 is 5.32 Å². The molecule has 11 heavy (non-hydrogen) atoms. The minimum Gasteiger partial charge on any atom is -0.480 e. The number of rotatable bonds is 3. The van der Waals surface area contributed by atoms with Crippen LogP contribution in [-0.2, 0) is 9.59 Å². The van der Waals surface area contributed by atoms with Crippen molar-refractivity contribution in [2.75, 3.05) is 0 Å². The van der Waals surface area contributed by atoms with Crippen molar-refractivity contribution in [3.8, 4) is 0 Å². The smallest absolute Gasteiger partial charge is 0.328 e. The molecule has 0 aromatic carbocycles. The van der Waals surface area contributed by atoms with Gasteiger partial charge in [-0.15, -0.1) is 0 Å². The molecule has 0 saturated carbocycles. The van der Waals surface area contributed by atoms with Gasteiger partial charge in [-0.1, -0.05) is 0 Å². The molecule has 0 radical (unpaired) electrons. The Morgan fingerprint density at radius 2 is 1.91 bits per heavy atom. The minimum atomic E-state index is -1.24. The molecule has 3 N–H and O–H groups in total. The van der Waals surface area contributed by atoms with E-state index in [-0.39, 0.29) is 0 Å². The molecule has 1 amide bonds. The first kappa shape index (κ1) is 9.90. The van der Waals surface area contributed by atoms with Gasteiger partial charge in [0.1, 0.15) is 0 Å². The van der Waals surface area contributed by atoms with Gasteiger partial charge in [0.25, 0.3) is 0 Å². The van der Waals surface area contributed by atoms with Crippen LogP contribution in [-0.4, -0.2) is 34.2 Å². The van der Waals surface area contributed by atoms with Crippen LogP contribution in [0.15, 0.2) is 0 Å². The summed E-state index contributed by atoms with van der Waals surface area (Å²) in [6.07, 6.45) is -1.09. The Kier molecular flexibility index (Phi) is 3.53. The summed E-state index contributed by atoms with van der Waals surface area (Å²) < 4.78 is 0. The summed E-state index contributed by atoms with van der Waals surface area (Å²) in [6.45, 7) is 2.49. The fraction of sp³-hybridized carbons (Fsp3) is 0.667. The zero-order chi connectivity index (χ0) is 9.02. The van der Waals surface area contributed by atoms with Crippen LogP contribution in [0.25, 0.3) is 0 Å². The number of aliphatic hydroxyl groups excluding tert-OH is 1. The highest BCUT2D eigenvalue weighted by Gasteiger charge is 2.23. The lowest BCUT2D eigenvalue weighted by Gasteiger charge is -2.15. The first-order valence-corrected chi connectivity index (χ1v) is 3.13. The van der Waals surface area contributed by atoms with E-state index in [1.54, 1.807) is 0 Å². The molecule has 64 valence electrons. The summed E-state index contributed by atoms with van der Waals surface area (Å²) in [5, 5.41) is 19.3. The normalized spacial score (nSPS) is 15.2. The molecule has 0 rings (SSSR count). The van der Waals surface area contributed by atoms with Crippen molar-refractivity contribution >= 4 is 11.9 Å². The van der Waals surface area contributed by atoms with E-state index in [0.717, 1.165) is 0 Å². The standard InChI is InChI=1S/C6H11NO4/c1-3(8)5(6(10)11)7-4(2)9/h3,5,8H,1-2H3,(H,7,9)(H,10,11)/t3?,5-/m0/s1. The molecule has 5 nitrogen and oxygen atoms in total. The highest BCUT2D eigenvalue weighted by Crippen LogP contribution is 1.91. The second-order valence-corrected chi connectivity index (χ2v) is 2.26. The molecule has 2 atom stereocenters. The van der Waals surface area contributed by atoms with Gasteiger partial charge in [0.2, 0.25) is 5.91 Å². The summed E-state index contributed by atoms with van der Waals surface area (Å²) in [6, 6.07) is -1.22. The fourth-order valence-electron chi connectivity index (χ4n) is 0.608. The quantitative estimate of drug-likeness (QED) is 0.493. The number of hydrogen-bond acceptors (Lipinski definition) is 3. The van der Waals surface area contributed by atoms with E-state index in [2.05, 4.69) is 5.32 Å². The van der Waals surface area contributed by atoms with Gasteiger partial charge in [0.05, 0.1) is 6.10 Å². The van der Waals surface area contributed by atoms with Crippen LogP contribution in [0.2, 0.25) is 0 Å². The molecular weight excluding hydrogens is 150 g/mol. The van der Waals surface area contributed by atoms with Crippen molar-refractivity contribution in [1.82, 2.24) is 5.32 Å². The molecule has 0 saturated heterocycles. The summed E-state index contributed by atoms with van der Waals surface area (Å²) in [5.74, 6) is -1.71. The maximum absolute atomic E-state index is 10.4. The number of carbonyl (C=O) groups excluding carboxylic acids is 1. The number of aliphatic carboxylic acids is 1. The molecule has 0 fully saturated rings. The average molecular weight is 161 g/mol. The number of amides is 1. The van der Waals surface area contributed by atoms with Crippen LogP contribution in [0, 0.1) is 0 Å². The van der Waals surface area contributed by atoms with Crippen molar-refractivity contribution in [3.63, 3.8) is 0 Å². The van der Waals surface area contributed by atoms with Crippen LogP contribution >= 0.6 is 0 Å². The van der Waals surface area contributed by atoms with E-state index in [1.165, 1.54) is 13.8 Å². The Morgan fingerprint density at radius 3 is 2.00 bits per heavy atom. The molecule has 0 bridgehead atoms. The Morgan fingerprint density at radius 1 is 1.45 bits per heavy atom. The van der Waals surface area contributed by atoms with Gasteiger partial charge in [-0.25, -0.2) is 4.79 Å². The molecule has 0 aromatic rings. The van der Waals surface area contributed by atoms with Gasteiger partial charge < -0.3 is 15.5 Å². The highest BCUT2D eigenvalue weighted by atomic mass is 16.4. The van der Waals surface area contributed by atoms with E-state index in [0.29, 0.717) is 0 Å². The van der Waals surface area contributed by atoms with E-state index in [1.807, 2.05) is 0 Å². The number of carboxylic acid groups (broad SMARTS) is 1. The lowest BCUT2D eigenvalue weighted by molar-refractivity contribution is -0.144. The molecule has 5 heteroatoms. The van der Waals surface area contributed by atoms with Crippen molar-refractivity contribution in [2.45, 2.75) is 26.0 Å². The van der Waals surface area contributed by atoms with Gasteiger partial charge in [-0.2, -0.15) is 0 Å². The molecule has 0 aromatic heterocycles. The Bertz CT molecular complexity index is 166. The summed E-state index contributed by atoms with van der Waals surface area (Å²) in [5.41, 5.74) is 0. The van der Waals surface area contributed by atoms with E-state index in [4.69, 9.17) is 10.2 Å². The Labute approximate surface area is 64.0 Å². The maximum atomic E-state index is 10.4. The average Bonchev–Trinajstić information content (AvgIpc) is 1.81. The molecule has 0 aliphatic rings. The first-order valence-electron chi connectivity index (χ1n) is 3.13. The lowest BCUT2D eigenvalue weighted by Crippen LogP contribution is -2.46. The number of nitrogens with one attached hydrogen (secondary N) is 1. The van der Waals surface area contributed by atoms with Crippen LogP contribution in [0.5, 0.6) is 0 Å². The van der Waals surface area contributed by atoms with Gasteiger partial charge in [-0.3, -0.25) is 4.79 Å². The largest absolute Gasteiger partial charge is 0.480 e. The first-order chi connectivity index (χ1) is 4.95. The minimum absolute atomic E-state index is 0.474. The predicted octanol–water partition coefficient (Wildman–Crippen LogP) is -1.04. The van der Waals surface area contributed by atoms with Crippen molar-refractivity contribution < 1.29 is 19.8 Å². The van der Waals surface area contributed by atoms with E-state index in [9.17, 15) is 9.59 Å². The number of carbonyl (C=O) groups is 2. The van der Waals surface area contributed by atoms with Gasteiger partial charge in [-0.05, 0) is 6.92 Å². The highest BCUT2D eigenvalue weighted by molar-refractivity contribution is 5.82. The summed E-state index contributed by atoms with van der Waals surface area (Å²) in [7, 11) is 0. The maximum Gasteiger partial charge on any atom is 0.328 e. The molecule has 1 unspecified atom stereocenters. The summed E-state index contributed by atoms with van der Waals surface area (Å²) >= 11 is 0. The van der Waals surface area contributed by atoms with Crippen LogP contribution in [0.3, 0.4) is 0 Å². The lowest BCUT2D eigenvalue weighted by atomic mass is 10.2. The van der Waals surface area contributed by atoms with E-state index >= 15 is 0 Å². The third-order valence-electron chi connectivity index (χ3n) is 1.11.